The second-order valence-electron chi connectivity index (χ2n) is 6.18. The molecular formula is C20H17N5O2. The van der Waals surface area contributed by atoms with Gasteiger partial charge in [-0.1, -0.05) is 24.3 Å². The maximum Gasteiger partial charge on any atom is 0.323 e. The van der Waals surface area contributed by atoms with Gasteiger partial charge in [0, 0.05) is 30.1 Å². The van der Waals surface area contributed by atoms with Crippen molar-refractivity contribution in [2.24, 2.45) is 5.73 Å². The number of carbonyl (C=O) groups excluding carboxylic acids is 1. The predicted octanol–water partition coefficient (Wildman–Crippen LogP) is 2.63. The Kier molecular flexibility index (Phi) is 4.18. The molecule has 2 aromatic carbocycles. The molecule has 7 nitrogen and oxygen atoms in total. The average Bonchev–Trinajstić information content (AvgIpc) is 3.06. The summed E-state index contributed by atoms with van der Waals surface area (Å²) in [7, 11) is 0. The van der Waals surface area contributed by atoms with Crippen molar-refractivity contribution >= 4 is 22.6 Å². The van der Waals surface area contributed by atoms with Crippen LogP contribution in [0.25, 0.3) is 22.2 Å². The van der Waals surface area contributed by atoms with E-state index in [0.717, 1.165) is 33.4 Å². The molecule has 0 aliphatic carbocycles. The van der Waals surface area contributed by atoms with E-state index in [9.17, 15) is 9.59 Å². The number of aromatic nitrogens is 3. The van der Waals surface area contributed by atoms with Gasteiger partial charge in [-0.15, -0.1) is 0 Å². The minimum Gasteiger partial charge on any atom is -0.380 e. The number of aromatic amines is 2. The number of nitrogens with zero attached hydrogens (tertiary/aromatic N) is 1. The zero-order valence-electron chi connectivity index (χ0n) is 14.3. The third-order valence-electron chi connectivity index (χ3n) is 4.35. The van der Waals surface area contributed by atoms with Crippen LogP contribution in [0.3, 0.4) is 0 Å². The molecule has 0 radical (unpaired) electrons. The van der Waals surface area contributed by atoms with Gasteiger partial charge in [-0.25, -0.2) is 4.79 Å². The fourth-order valence-corrected chi connectivity index (χ4v) is 3.02. The number of hydrogen-bond donors (Lipinski definition) is 4. The summed E-state index contributed by atoms with van der Waals surface area (Å²) in [6.45, 7) is 0.453. The number of hydrogen-bond acceptors (Lipinski definition) is 4. The second kappa shape index (κ2) is 6.80. The van der Waals surface area contributed by atoms with Crippen LogP contribution in [0.4, 0.5) is 5.69 Å². The van der Waals surface area contributed by atoms with Crippen molar-refractivity contribution in [3.05, 3.63) is 82.5 Å². The highest BCUT2D eigenvalue weighted by atomic mass is 16.1. The topological polar surface area (TPSA) is 117 Å². The van der Waals surface area contributed by atoms with E-state index in [1.807, 2.05) is 36.4 Å². The van der Waals surface area contributed by atoms with Crippen molar-refractivity contribution in [2.45, 2.75) is 6.54 Å². The number of imidazole rings is 1. The molecule has 5 N–H and O–H groups in total. The molecule has 0 bridgehead atoms. The van der Waals surface area contributed by atoms with Gasteiger partial charge >= 0.3 is 5.69 Å². The lowest BCUT2D eigenvalue weighted by Crippen LogP contribution is -2.15. The summed E-state index contributed by atoms with van der Waals surface area (Å²) in [5.41, 5.74) is 10.7. The summed E-state index contributed by atoms with van der Waals surface area (Å²) in [5, 5.41) is 3.27. The van der Waals surface area contributed by atoms with E-state index in [-0.39, 0.29) is 5.69 Å². The van der Waals surface area contributed by atoms with Crippen LogP contribution in [-0.2, 0) is 6.54 Å². The van der Waals surface area contributed by atoms with Gasteiger partial charge in [0.15, 0.2) is 0 Å². The van der Waals surface area contributed by atoms with E-state index >= 15 is 0 Å². The standard InChI is InChI=1S/C20H17N5O2/c21-19(26)16-4-2-1-3-13(16)10-23-15-7-14(9-22-11-15)12-5-6-17-18(8-12)25-20(27)24-17/h1-9,11,23H,10H2,(H2,21,26)(H2,24,25,27). The van der Waals surface area contributed by atoms with Crippen LogP contribution in [-0.4, -0.2) is 20.9 Å². The Bertz CT molecular complexity index is 1190. The van der Waals surface area contributed by atoms with Crippen LogP contribution < -0.4 is 16.7 Å². The maximum absolute atomic E-state index is 11.5. The summed E-state index contributed by atoms with van der Waals surface area (Å²) in [6.07, 6.45) is 3.47. The smallest absolute Gasteiger partial charge is 0.323 e. The zero-order valence-corrected chi connectivity index (χ0v) is 14.3. The van der Waals surface area contributed by atoms with E-state index in [0.29, 0.717) is 12.1 Å². The molecule has 0 aliphatic heterocycles. The summed E-state index contributed by atoms with van der Waals surface area (Å²) in [5.74, 6) is -0.451. The highest BCUT2D eigenvalue weighted by Gasteiger charge is 2.08. The number of pyridine rings is 1. The lowest BCUT2D eigenvalue weighted by molar-refractivity contribution is 0.0999. The molecule has 0 fully saturated rings. The lowest BCUT2D eigenvalue weighted by atomic mass is 10.1. The van der Waals surface area contributed by atoms with Crippen LogP contribution in [0.15, 0.2) is 65.7 Å². The molecule has 134 valence electrons. The van der Waals surface area contributed by atoms with Crippen molar-refractivity contribution in [3.63, 3.8) is 0 Å². The molecule has 0 unspecified atom stereocenters. The van der Waals surface area contributed by atoms with Crippen molar-refractivity contribution < 1.29 is 4.79 Å². The first kappa shape index (κ1) is 16.6. The maximum atomic E-state index is 11.5. The molecule has 0 aliphatic rings. The number of amides is 1. The van der Waals surface area contributed by atoms with Gasteiger partial charge in [0.1, 0.15) is 0 Å². The first-order chi connectivity index (χ1) is 13.1. The Morgan fingerprint density at radius 2 is 1.81 bits per heavy atom. The third kappa shape index (κ3) is 3.43. The lowest BCUT2D eigenvalue weighted by Gasteiger charge is -2.10. The molecule has 7 heteroatoms. The van der Waals surface area contributed by atoms with Crippen molar-refractivity contribution in [1.82, 2.24) is 15.0 Å². The van der Waals surface area contributed by atoms with Gasteiger partial charge < -0.3 is 21.0 Å². The SMILES string of the molecule is NC(=O)c1ccccc1CNc1cncc(-c2ccc3[nH]c(=O)[nH]c3c2)c1. The summed E-state index contributed by atoms with van der Waals surface area (Å²) < 4.78 is 0. The average molecular weight is 359 g/mol. The number of benzene rings is 2. The first-order valence-corrected chi connectivity index (χ1v) is 8.39. The minimum absolute atomic E-state index is 0.233. The van der Waals surface area contributed by atoms with Gasteiger partial charge in [-0.05, 0) is 35.4 Å². The summed E-state index contributed by atoms with van der Waals surface area (Å²) in [6, 6.07) is 14.9. The summed E-state index contributed by atoms with van der Waals surface area (Å²) in [4.78, 5) is 32.7. The van der Waals surface area contributed by atoms with Crippen molar-refractivity contribution in [1.29, 1.82) is 0 Å². The molecule has 0 spiro atoms. The zero-order chi connectivity index (χ0) is 18.8. The predicted molar refractivity (Wildman–Crippen MR) is 104 cm³/mol. The molecule has 1 amide bonds. The Balaban J connectivity index is 1.59. The minimum atomic E-state index is -0.451. The monoisotopic (exact) mass is 359 g/mol. The highest BCUT2D eigenvalue weighted by molar-refractivity contribution is 5.94. The fraction of sp³-hybridized carbons (Fsp3) is 0.0500. The number of H-pyrrole nitrogens is 2. The Morgan fingerprint density at radius 1 is 1.00 bits per heavy atom. The fourth-order valence-electron chi connectivity index (χ4n) is 3.02. The van der Waals surface area contributed by atoms with Gasteiger partial charge in [0.25, 0.3) is 0 Å². The number of anilines is 1. The Morgan fingerprint density at radius 3 is 2.67 bits per heavy atom. The van der Waals surface area contributed by atoms with Crippen molar-refractivity contribution in [3.8, 4) is 11.1 Å². The molecule has 0 saturated heterocycles. The van der Waals surface area contributed by atoms with E-state index in [1.165, 1.54) is 0 Å². The number of nitrogens with one attached hydrogen (secondary N) is 3. The van der Waals surface area contributed by atoms with E-state index in [2.05, 4.69) is 20.3 Å². The molecule has 0 atom stereocenters. The van der Waals surface area contributed by atoms with Crippen molar-refractivity contribution in [2.75, 3.05) is 5.32 Å². The molecule has 2 aromatic heterocycles. The largest absolute Gasteiger partial charge is 0.380 e. The van der Waals surface area contributed by atoms with Gasteiger partial charge in [0.05, 0.1) is 16.7 Å². The molecule has 0 saturated carbocycles. The van der Waals surface area contributed by atoms with E-state index < -0.39 is 5.91 Å². The third-order valence-corrected chi connectivity index (χ3v) is 4.35. The van der Waals surface area contributed by atoms with Crippen LogP contribution in [0.1, 0.15) is 15.9 Å². The van der Waals surface area contributed by atoms with Gasteiger partial charge in [-0.3, -0.25) is 9.78 Å². The molecule has 4 aromatic rings. The number of rotatable bonds is 5. The molecule has 2 heterocycles. The van der Waals surface area contributed by atoms with Crippen LogP contribution in [0.2, 0.25) is 0 Å². The number of fused-ring (bicyclic) bond motifs is 1. The van der Waals surface area contributed by atoms with Crippen LogP contribution in [0, 0.1) is 0 Å². The van der Waals surface area contributed by atoms with E-state index in [1.54, 1.807) is 24.5 Å². The molecule has 27 heavy (non-hydrogen) atoms. The van der Waals surface area contributed by atoms with Gasteiger partial charge in [-0.2, -0.15) is 0 Å². The normalized spacial score (nSPS) is 10.8. The van der Waals surface area contributed by atoms with Crippen LogP contribution >= 0.6 is 0 Å². The van der Waals surface area contributed by atoms with E-state index in [4.69, 9.17) is 5.73 Å². The number of carbonyl (C=O) groups is 1. The van der Waals surface area contributed by atoms with Crippen LogP contribution in [0.5, 0.6) is 0 Å². The quantitative estimate of drug-likeness (QED) is 0.438. The summed E-state index contributed by atoms with van der Waals surface area (Å²) >= 11 is 0. The number of primary amides is 1. The number of nitrogens with two attached hydrogens (primary N) is 1. The van der Waals surface area contributed by atoms with Gasteiger partial charge in [0.2, 0.25) is 5.91 Å². The molecule has 4 rings (SSSR count). The second-order valence-corrected chi connectivity index (χ2v) is 6.18. The Hall–Kier alpha value is -3.87. The molecular weight excluding hydrogens is 342 g/mol. The highest BCUT2D eigenvalue weighted by Crippen LogP contribution is 2.24. The first-order valence-electron chi connectivity index (χ1n) is 8.39. The Labute approximate surface area is 154 Å².